The first-order chi connectivity index (χ1) is 11.2. The first-order valence-electron chi connectivity index (χ1n) is 8.64. The molecule has 5 nitrogen and oxygen atoms in total. The molecular weight excluding hydrogens is 290 g/mol. The molecule has 0 radical (unpaired) electrons. The number of piperidine rings is 1. The monoisotopic (exact) mass is 317 g/mol. The molecule has 3 rings (SSSR count). The molecule has 0 saturated carbocycles. The predicted molar refractivity (Wildman–Crippen MR) is 90.2 cm³/mol. The maximum Gasteiger partial charge on any atom is 0.221 e. The molecule has 1 aromatic rings. The molecule has 1 aliphatic heterocycles. The predicted octanol–water partition coefficient (Wildman–Crippen LogP) is 1.23. The number of hydrogen-bond donors (Lipinski definition) is 3. The lowest BCUT2D eigenvalue weighted by Gasteiger charge is -2.41. The summed E-state index contributed by atoms with van der Waals surface area (Å²) in [6.07, 6.45) is 2.43. The third-order valence-corrected chi connectivity index (χ3v) is 5.21. The largest absolute Gasteiger partial charge is 0.375 e. The van der Waals surface area contributed by atoms with E-state index in [9.17, 15) is 4.79 Å². The standard InChI is InChI=1S/C18H27N3O2/c1-2-23-17-16(21-15(22)7-10-19)13-5-3-4-6-14(13)18(17)8-11-20-12-9-18/h3-6,16-17,20H,2,7-12,19H2,1H3,(H,21,22)/t16-,17+/m0/s1. The van der Waals surface area contributed by atoms with Crippen LogP contribution < -0.4 is 16.4 Å². The summed E-state index contributed by atoms with van der Waals surface area (Å²) in [5.74, 6) is 0.00277. The minimum atomic E-state index is -0.0803. The van der Waals surface area contributed by atoms with E-state index in [0.717, 1.165) is 25.9 Å². The molecule has 1 aliphatic carbocycles. The molecule has 1 heterocycles. The van der Waals surface area contributed by atoms with Crippen LogP contribution in [0.25, 0.3) is 0 Å². The van der Waals surface area contributed by atoms with Gasteiger partial charge in [-0.05, 0) is 44.0 Å². The molecule has 0 aromatic heterocycles. The van der Waals surface area contributed by atoms with Crippen LogP contribution in [0.5, 0.6) is 0 Å². The number of benzene rings is 1. The van der Waals surface area contributed by atoms with Crippen LogP contribution in [0, 0.1) is 0 Å². The lowest BCUT2D eigenvalue weighted by molar-refractivity contribution is -0.123. The van der Waals surface area contributed by atoms with Crippen molar-refractivity contribution in [3.05, 3.63) is 35.4 Å². The van der Waals surface area contributed by atoms with Gasteiger partial charge < -0.3 is 21.1 Å². The first kappa shape index (κ1) is 16.4. The highest BCUT2D eigenvalue weighted by Gasteiger charge is 2.53. The normalized spacial score (nSPS) is 25.3. The molecule has 2 atom stereocenters. The van der Waals surface area contributed by atoms with E-state index in [1.165, 1.54) is 11.1 Å². The molecule has 0 bridgehead atoms. The lowest BCUT2D eigenvalue weighted by Crippen LogP contribution is -2.50. The fourth-order valence-corrected chi connectivity index (χ4v) is 4.25. The van der Waals surface area contributed by atoms with Crippen LogP contribution >= 0.6 is 0 Å². The summed E-state index contributed by atoms with van der Waals surface area (Å²) in [5.41, 5.74) is 8.08. The van der Waals surface area contributed by atoms with E-state index in [1.807, 2.05) is 13.0 Å². The van der Waals surface area contributed by atoms with Crippen molar-refractivity contribution >= 4 is 5.91 Å². The number of hydrogen-bond acceptors (Lipinski definition) is 4. The average Bonchev–Trinajstić information content (AvgIpc) is 2.80. The number of carbonyl (C=O) groups excluding carboxylic acids is 1. The van der Waals surface area contributed by atoms with Crippen LogP contribution in [0.3, 0.4) is 0 Å². The highest BCUT2D eigenvalue weighted by atomic mass is 16.5. The van der Waals surface area contributed by atoms with Crippen LogP contribution in [0.4, 0.5) is 0 Å². The summed E-state index contributed by atoms with van der Waals surface area (Å²) in [5, 5.41) is 6.62. The molecule has 2 aliphatic rings. The van der Waals surface area contributed by atoms with E-state index in [0.29, 0.717) is 19.6 Å². The Labute approximate surface area is 138 Å². The molecular formula is C18H27N3O2. The maximum atomic E-state index is 12.2. The SMILES string of the molecule is CCO[C@@H]1[C@@H](NC(=O)CCN)c2ccccc2C12CCNCC2. The van der Waals surface area contributed by atoms with E-state index < -0.39 is 0 Å². The minimum absolute atomic E-state index is 0.00147. The van der Waals surface area contributed by atoms with Crippen LogP contribution in [0.2, 0.25) is 0 Å². The summed E-state index contributed by atoms with van der Waals surface area (Å²) in [7, 11) is 0. The van der Waals surface area contributed by atoms with E-state index in [1.54, 1.807) is 0 Å². The second-order valence-corrected chi connectivity index (χ2v) is 6.45. The molecule has 1 fully saturated rings. The topological polar surface area (TPSA) is 76.4 Å². The number of nitrogens with one attached hydrogen (secondary N) is 2. The summed E-state index contributed by atoms with van der Waals surface area (Å²) < 4.78 is 6.20. The van der Waals surface area contributed by atoms with Gasteiger partial charge in [-0.3, -0.25) is 4.79 Å². The van der Waals surface area contributed by atoms with Gasteiger partial charge in [0.15, 0.2) is 0 Å². The Bertz CT molecular complexity index is 555. The van der Waals surface area contributed by atoms with Crippen LogP contribution in [0.15, 0.2) is 24.3 Å². The van der Waals surface area contributed by atoms with E-state index in [-0.39, 0.29) is 23.5 Å². The highest BCUT2D eigenvalue weighted by molar-refractivity contribution is 5.77. The van der Waals surface area contributed by atoms with Gasteiger partial charge in [0.25, 0.3) is 0 Å². The second kappa shape index (κ2) is 6.99. The van der Waals surface area contributed by atoms with Gasteiger partial charge in [0.1, 0.15) is 0 Å². The number of amides is 1. The van der Waals surface area contributed by atoms with Crippen molar-refractivity contribution in [1.82, 2.24) is 10.6 Å². The van der Waals surface area contributed by atoms with Crippen molar-refractivity contribution in [2.45, 2.75) is 43.7 Å². The fraction of sp³-hybridized carbons (Fsp3) is 0.611. The quantitative estimate of drug-likeness (QED) is 0.763. The zero-order valence-electron chi connectivity index (χ0n) is 13.8. The van der Waals surface area contributed by atoms with Gasteiger partial charge in [-0.25, -0.2) is 0 Å². The van der Waals surface area contributed by atoms with Crippen LogP contribution in [0.1, 0.15) is 43.4 Å². The van der Waals surface area contributed by atoms with Gasteiger partial charge in [0.2, 0.25) is 5.91 Å². The molecule has 1 aromatic carbocycles. The molecule has 1 saturated heterocycles. The zero-order valence-corrected chi connectivity index (χ0v) is 13.8. The van der Waals surface area contributed by atoms with Crippen molar-refractivity contribution in [2.24, 2.45) is 5.73 Å². The summed E-state index contributed by atoms with van der Waals surface area (Å²) in [6.45, 7) is 5.02. The number of fused-ring (bicyclic) bond motifs is 2. The second-order valence-electron chi connectivity index (χ2n) is 6.45. The Morgan fingerprint density at radius 1 is 1.39 bits per heavy atom. The molecule has 23 heavy (non-hydrogen) atoms. The Kier molecular flexibility index (Phi) is 4.99. The van der Waals surface area contributed by atoms with Crippen LogP contribution in [-0.2, 0) is 14.9 Å². The Morgan fingerprint density at radius 3 is 2.83 bits per heavy atom. The smallest absolute Gasteiger partial charge is 0.221 e. The molecule has 126 valence electrons. The Morgan fingerprint density at radius 2 is 2.13 bits per heavy atom. The molecule has 1 amide bonds. The Hall–Kier alpha value is -1.43. The summed E-state index contributed by atoms with van der Waals surface area (Å²) >= 11 is 0. The minimum Gasteiger partial charge on any atom is -0.375 e. The Balaban J connectivity index is 1.98. The molecule has 0 unspecified atom stereocenters. The average molecular weight is 317 g/mol. The fourth-order valence-electron chi connectivity index (χ4n) is 4.25. The number of nitrogens with two attached hydrogens (primary N) is 1. The third-order valence-electron chi connectivity index (χ3n) is 5.21. The van der Waals surface area contributed by atoms with Gasteiger partial charge in [-0.2, -0.15) is 0 Å². The number of ether oxygens (including phenoxy) is 1. The number of rotatable bonds is 5. The number of carbonyl (C=O) groups is 1. The maximum absolute atomic E-state index is 12.2. The lowest BCUT2D eigenvalue weighted by atomic mass is 9.72. The van der Waals surface area contributed by atoms with Crippen molar-refractivity contribution in [3.63, 3.8) is 0 Å². The molecule has 4 N–H and O–H groups in total. The van der Waals surface area contributed by atoms with Crippen LogP contribution in [-0.4, -0.2) is 38.3 Å². The van der Waals surface area contributed by atoms with E-state index >= 15 is 0 Å². The summed E-state index contributed by atoms with van der Waals surface area (Å²) in [6, 6.07) is 8.40. The van der Waals surface area contributed by atoms with Crippen molar-refractivity contribution in [3.8, 4) is 0 Å². The highest BCUT2D eigenvalue weighted by Crippen LogP contribution is 2.51. The first-order valence-corrected chi connectivity index (χ1v) is 8.64. The van der Waals surface area contributed by atoms with Gasteiger partial charge in [-0.15, -0.1) is 0 Å². The van der Waals surface area contributed by atoms with Crippen molar-refractivity contribution in [2.75, 3.05) is 26.2 Å². The van der Waals surface area contributed by atoms with E-state index in [2.05, 4.69) is 28.8 Å². The third kappa shape index (κ3) is 2.89. The summed E-state index contributed by atoms with van der Waals surface area (Å²) in [4.78, 5) is 12.2. The van der Waals surface area contributed by atoms with E-state index in [4.69, 9.17) is 10.5 Å². The van der Waals surface area contributed by atoms with Crippen molar-refractivity contribution in [1.29, 1.82) is 0 Å². The molecule has 5 heteroatoms. The van der Waals surface area contributed by atoms with Gasteiger partial charge in [0, 0.05) is 25.0 Å². The van der Waals surface area contributed by atoms with Gasteiger partial charge in [0.05, 0.1) is 12.1 Å². The molecule has 1 spiro atoms. The van der Waals surface area contributed by atoms with Gasteiger partial charge >= 0.3 is 0 Å². The van der Waals surface area contributed by atoms with Crippen molar-refractivity contribution < 1.29 is 9.53 Å². The zero-order chi connectivity index (χ0) is 16.3. The van der Waals surface area contributed by atoms with Gasteiger partial charge in [-0.1, -0.05) is 24.3 Å².